The van der Waals surface area contributed by atoms with E-state index in [0.717, 1.165) is 42.6 Å². The minimum Gasteiger partial charge on any atom is -0.326 e. The summed E-state index contributed by atoms with van der Waals surface area (Å²) in [5.74, 6) is 0.148. The number of rotatable bonds is 7. The highest BCUT2D eigenvalue weighted by Gasteiger charge is 2.39. The molecule has 34 heavy (non-hydrogen) atoms. The van der Waals surface area contributed by atoms with Crippen molar-refractivity contribution in [1.29, 1.82) is 0 Å². The number of carbonyl (C=O) groups is 2. The van der Waals surface area contributed by atoms with E-state index in [1.807, 2.05) is 24.3 Å². The van der Waals surface area contributed by atoms with Gasteiger partial charge < -0.3 is 10.2 Å². The summed E-state index contributed by atoms with van der Waals surface area (Å²) in [4.78, 5) is 35.3. The summed E-state index contributed by atoms with van der Waals surface area (Å²) in [5.41, 5.74) is 2.37. The molecular formula is C23H30N6O4S. The average Bonchev–Trinajstić information content (AvgIpc) is 2.76. The third-order valence-electron chi connectivity index (χ3n) is 6.54. The number of aryl methyl sites for hydroxylation is 1. The Bertz CT molecular complexity index is 1150. The topological polar surface area (TPSA) is 133 Å². The lowest BCUT2D eigenvalue weighted by Gasteiger charge is -2.42. The van der Waals surface area contributed by atoms with Crippen LogP contribution in [0.2, 0.25) is 0 Å². The molecule has 1 saturated heterocycles. The summed E-state index contributed by atoms with van der Waals surface area (Å²) in [6.45, 7) is 2.75. The van der Waals surface area contributed by atoms with E-state index in [2.05, 4.69) is 25.3 Å². The maximum absolute atomic E-state index is 13.1. The van der Waals surface area contributed by atoms with Crippen LogP contribution in [-0.2, 0) is 20.2 Å². The molecule has 3 amide bonds. The zero-order chi connectivity index (χ0) is 24.3. The van der Waals surface area contributed by atoms with Crippen LogP contribution in [0, 0.1) is 6.92 Å². The van der Waals surface area contributed by atoms with Gasteiger partial charge >= 0.3 is 6.03 Å². The molecule has 1 aliphatic carbocycles. The molecule has 0 bridgehead atoms. The Morgan fingerprint density at radius 3 is 2.47 bits per heavy atom. The Kier molecular flexibility index (Phi) is 6.85. The van der Waals surface area contributed by atoms with E-state index < -0.39 is 22.1 Å². The van der Waals surface area contributed by atoms with Crippen molar-refractivity contribution in [1.82, 2.24) is 20.0 Å². The van der Waals surface area contributed by atoms with Gasteiger partial charge in [-0.05, 0) is 50.3 Å². The molecule has 2 aromatic rings. The molecule has 2 heterocycles. The number of aromatic nitrogens is 2. The monoisotopic (exact) mass is 486 g/mol. The van der Waals surface area contributed by atoms with Gasteiger partial charge in [-0.3, -0.25) is 15.1 Å². The first kappa shape index (κ1) is 24.1. The number of anilines is 2. The minimum atomic E-state index is -3.26. The van der Waals surface area contributed by atoms with Crippen LogP contribution in [0.1, 0.15) is 43.4 Å². The van der Waals surface area contributed by atoms with Crippen LogP contribution in [0.25, 0.3) is 0 Å². The fourth-order valence-electron chi connectivity index (χ4n) is 4.47. The highest BCUT2D eigenvalue weighted by molar-refractivity contribution is 7.88. The fraction of sp³-hybridized carbons (Fsp3) is 0.478. The number of hydrogen-bond donors (Lipinski definition) is 3. The van der Waals surface area contributed by atoms with Crippen LogP contribution in [0.5, 0.6) is 0 Å². The summed E-state index contributed by atoms with van der Waals surface area (Å²) < 4.78 is 25.8. The summed E-state index contributed by atoms with van der Waals surface area (Å²) >= 11 is 0. The number of nitrogens with one attached hydrogen (secondary N) is 3. The Hall–Kier alpha value is -3.05. The number of benzene rings is 1. The summed E-state index contributed by atoms with van der Waals surface area (Å²) in [6, 6.07) is 6.62. The quantitative estimate of drug-likeness (QED) is 0.549. The molecule has 0 unspecified atom stereocenters. The van der Waals surface area contributed by atoms with Gasteiger partial charge in [0.05, 0.1) is 24.3 Å². The van der Waals surface area contributed by atoms with Crippen molar-refractivity contribution in [3.8, 4) is 0 Å². The molecule has 1 saturated carbocycles. The van der Waals surface area contributed by atoms with Crippen LogP contribution < -0.4 is 20.3 Å². The zero-order valence-corrected chi connectivity index (χ0v) is 20.2. The summed E-state index contributed by atoms with van der Waals surface area (Å²) in [7, 11) is -3.26. The number of nitrogens with zero attached hydrogens (tertiary/aromatic N) is 3. The fourth-order valence-corrected chi connectivity index (χ4v) is 5.01. The van der Waals surface area contributed by atoms with Gasteiger partial charge in [-0.15, -0.1) is 0 Å². The largest absolute Gasteiger partial charge is 0.326 e. The van der Waals surface area contributed by atoms with E-state index in [0.29, 0.717) is 25.3 Å². The van der Waals surface area contributed by atoms with Crippen LogP contribution in [0.15, 0.2) is 36.7 Å². The predicted molar refractivity (Wildman–Crippen MR) is 129 cm³/mol. The van der Waals surface area contributed by atoms with E-state index in [9.17, 15) is 18.0 Å². The number of hydrogen-bond acceptors (Lipinski definition) is 6. The number of sulfonamides is 1. The first-order chi connectivity index (χ1) is 16.2. The van der Waals surface area contributed by atoms with Crippen molar-refractivity contribution < 1.29 is 18.0 Å². The maximum atomic E-state index is 13.1. The third kappa shape index (κ3) is 5.53. The molecular weight excluding hydrogens is 456 g/mol. The molecule has 1 aliphatic heterocycles. The Morgan fingerprint density at radius 2 is 1.88 bits per heavy atom. The molecule has 11 heteroatoms. The first-order valence-electron chi connectivity index (χ1n) is 11.4. The van der Waals surface area contributed by atoms with E-state index >= 15 is 0 Å². The van der Waals surface area contributed by atoms with Gasteiger partial charge in [-0.2, -0.15) is 0 Å². The lowest BCUT2D eigenvalue weighted by atomic mass is 9.64. The summed E-state index contributed by atoms with van der Waals surface area (Å²) in [5, 5.41) is 5.35. The molecule has 1 aromatic heterocycles. The molecule has 2 fully saturated rings. The predicted octanol–water partition coefficient (Wildman–Crippen LogP) is 2.07. The molecule has 10 nitrogen and oxygen atoms in total. The Morgan fingerprint density at radius 1 is 1.15 bits per heavy atom. The number of urea groups is 1. The second-order valence-electron chi connectivity index (χ2n) is 9.10. The molecule has 4 rings (SSSR count). The lowest BCUT2D eigenvalue weighted by Crippen LogP contribution is -2.53. The van der Waals surface area contributed by atoms with Crippen molar-refractivity contribution in [2.24, 2.45) is 0 Å². The Labute approximate surface area is 199 Å². The van der Waals surface area contributed by atoms with Crippen molar-refractivity contribution >= 4 is 33.5 Å². The number of carbonyl (C=O) groups excluding carboxylic acids is 2. The van der Waals surface area contributed by atoms with E-state index in [-0.39, 0.29) is 11.3 Å². The number of amides is 3. The van der Waals surface area contributed by atoms with Crippen molar-refractivity contribution in [3.05, 3.63) is 47.9 Å². The zero-order valence-electron chi connectivity index (χ0n) is 19.4. The smallest absolute Gasteiger partial charge is 0.321 e. The minimum absolute atomic E-state index is 0.166. The highest BCUT2D eigenvalue weighted by Crippen LogP contribution is 2.43. The van der Waals surface area contributed by atoms with Gasteiger partial charge in [-0.1, -0.05) is 18.6 Å². The van der Waals surface area contributed by atoms with Crippen LogP contribution in [0.4, 0.5) is 16.3 Å². The lowest BCUT2D eigenvalue weighted by molar-refractivity contribution is -0.121. The van der Waals surface area contributed by atoms with Gasteiger partial charge in [-0.25, -0.2) is 22.9 Å². The first-order valence-corrected chi connectivity index (χ1v) is 13.3. The van der Waals surface area contributed by atoms with E-state index in [1.54, 1.807) is 18.0 Å². The molecule has 0 spiro atoms. The van der Waals surface area contributed by atoms with E-state index in [1.165, 1.54) is 12.5 Å². The van der Waals surface area contributed by atoms with Crippen LogP contribution in [-0.4, -0.2) is 55.7 Å². The second kappa shape index (κ2) is 9.67. The molecule has 0 radical (unpaired) electrons. The van der Waals surface area contributed by atoms with Gasteiger partial charge in [0.2, 0.25) is 15.9 Å². The SMILES string of the molecule is Cc1cnc(NC(=O)N[C@@H]2CCCN(c3ccc(C4(CNS(C)(=O)=O)CCC4)cc3)C2=O)cn1. The van der Waals surface area contributed by atoms with Gasteiger partial charge in [0, 0.05) is 24.2 Å². The molecule has 182 valence electrons. The summed E-state index contributed by atoms with van der Waals surface area (Å²) in [6.07, 6.45) is 8.40. The average molecular weight is 487 g/mol. The van der Waals surface area contributed by atoms with Crippen molar-refractivity contribution in [3.63, 3.8) is 0 Å². The van der Waals surface area contributed by atoms with Gasteiger partial charge in [0.1, 0.15) is 6.04 Å². The molecule has 1 atom stereocenters. The molecule has 2 aliphatic rings. The molecule has 1 aromatic carbocycles. The van der Waals surface area contributed by atoms with Crippen LogP contribution >= 0.6 is 0 Å². The Balaban J connectivity index is 1.40. The standard InChI is InChI=1S/C23H30N6O4S/c1-16-13-25-20(14-24-16)28-22(31)27-19-5-3-12-29(21(19)30)18-8-6-17(7-9-18)23(10-4-11-23)15-26-34(2,32)33/h6-9,13-14,19,26H,3-5,10-12,15H2,1-2H3,(H2,25,27,28,31)/t19-/m1/s1. The van der Waals surface area contributed by atoms with Gasteiger partial charge in [0.25, 0.3) is 0 Å². The number of piperidine rings is 1. The van der Waals surface area contributed by atoms with Gasteiger partial charge in [0.15, 0.2) is 5.82 Å². The van der Waals surface area contributed by atoms with Crippen LogP contribution in [0.3, 0.4) is 0 Å². The van der Waals surface area contributed by atoms with Crippen molar-refractivity contribution in [2.75, 3.05) is 29.6 Å². The highest BCUT2D eigenvalue weighted by atomic mass is 32.2. The van der Waals surface area contributed by atoms with E-state index in [4.69, 9.17) is 0 Å². The second-order valence-corrected chi connectivity index (χ2v) is 10.9. The molecule has 3 N–H and O–H groups in total. The normalized spacial score (nSPS) is 19.9. The third-order valence-corrected chi connectivity index (χ3v) is 7.21. The maximum Gasteiger partial charge on any atom is 0.321 e. The van der Waals surface area contributed by atoms with Crippen molar-refractivity contribution in [2.45, 2.75) is 50.5 Å².